The number of carbonyl (C=O) groups is 2. The van der Waals surface area contributed by atoms with Crippen LogP contribution in [0.2, 0.25) is 0 Å². The minimum Gasteiger partial charge on any atom is -0.318 e. The van der Waals surface area contributed by atoms with Crippen molar-refractivity contribution in [2.75, 3.05) is 5.32 Å². The van der Waals surface area contributed by atoms with E-state index in [0.29, 0.717) is 5.69 Å². The van der Waals surface area contributed by atoms with Crippen molar-refractivity contribution in [1.82, 2.24) is 5.43 Å². The van der Waals surface area contributed by atoms with Gasteiger partial charge in [-0.15, -0.1) is 0 Å². The van der Waals surface area contributed by atoms with Crippen LogP contribution in [-0.2, 0) is 9.59 Å². The van der Waals surface area contributed by atoms with Crippen molar-refractivity contribution >= 4 is 56.0 Å². The molecule has 0 spiro atoms. The standard InChI is InChI=1S/C27H19N3O2/c31-26(29-22-14-13-18-7-1-2-8-19(18)16-22)27(32)30-28-17-25-23-11-5-3-9-20(23)15-21-10-4-6-12-24(21)25/h1-17H,(H,29,31)(H,30,32)/b28-17-. The lowest BCUT2D eigenvalue weighted by molar-refractivity contribution is -0.136. The van der Waals surface area contributed by atoms with Crippen LogP contribution in [0.1, 0.15) is 5.56 Å². The molecule has 0 aliphatic carbocycles. The summed E-state index contributed by atoms with van der Waals surface area (Å²) >= 11 is 0. The molecule has 0 bridgehead atoms. The maximum absolute atomic E-state index is 12.3. The maximum Gasteiger partial charge on any atom is 0.329 e. The number of hydrazone groups is 1. The van der Waals surface area contributed by atoms with E-state index in [4.69, 9.17) is 0 Å². The molecule has 0 fully saturated rings. The average Bonchev–Trinajstić information content (AvgIpc) is 2.83. The van der Waals surface area contributed by atoms with Crippen molar-refractivity contribution in [3.63, 3.8) is 0 Å². The van der Waals surface area contributed by atoms with Gasteiger partial charge in [0.1, 0.15) is 0 Å². The number of amides is 2. The second-order valence-corrected chi connectivity index (χ2v) is 7.45. The first-order valence-corrected chi connectivity index (χ1v) is 10.2. The molecule has 0 saturated carbocycles. The van der Waals surface area contributed by atoms with E-state index in [0.717, 1.165) is 37.9 Å². The summed E-state index contributed by atoms with van der Waals surface area (Å²) in [4.78, 5) is 24.6. The summed E-state index contributed by atoms with van der Waals surface area (Å²) in [6.45, 7) is 0. The number of nitrogens with zero attached hydrogens (tertiary/aromatic N) is 1. The molecule has 0 aliphatic heterocycles. The van der Waals surface area contributed by atoms with E-state index in [9.17, 15) is 9.59 Å². The van der Waals surface area contributed by atoms with E-state index in [-0.39, 0.29) is 0 Å². The van der Waals surface area contributed by atoms with E-state index in [1.54, 1.807) is 12.3 Å². The number of fused-ring (bicyclic) bond motifs is 3. The van der Waals surface area contributed by atoms with Gasteiger partial charge in [0.05, 0.1) is 6.21 Å². The van der Waals surface area contributed by atoms with Gasteiger partial charge in [-0.05, 0) is 50.5 Å². The zero-order valence-electron chi connectivity index (χ0n) is 17.1. The largest absolute Gasteiger partial charge is 0.329 e. The molecule has 0 atom stereocenters. The Balaban J connectivity index is 1.35. The van der Waals surface area contributed by atoms with Gasteiger partial charge in [-0.3, -0.25) is 9.59 Å². The van der Waals surface area contributed by atoms with Gasteiger partial charge in [0.15, 0.2) is 0 Å². The molecule has 5 nitrogen and oxygen atoms in total. The van der Waals surface area contributed by atoms with Crippen molar-refractivity contribution in [1.29, 1.82) is 0 Å². The Morgan fingerprint density at radius 3 is 1.91 bits per heavy atom. The van der Waals surface area contributed by atoms with Crippen molar-refractivity contribution in [2.24, 2.45) is 5.10 Å². The zero-order chi connectivity index (χ0) is 21.9. The molecule has 0 aromatic heterocycles. The van der Waals surface area contributed by atoms with Crippen LogP contribution >= 0.6 is 0 Å². The normalized spacial score (nSPS) is 11.2. The lowest BCUT2D eigenvalue weighted by atomic mass is 9.97. The van der Waals surface area contributed by atoms with Crippen LogP contribution in [0, 0.1) is 0 Å². The van der Waals surface area contributed by atoms with Gasteiger partial charge in [-0.2, -0.15) is 5.10 Å². The minimum absolute atomic E-state index is 0.549. The third-order valence-corrected chi connectivity index (χ3v) is 5.39. The van der Waals surface area contributed by atoms with E-state index in [1.807, 2.05) is 84.9 Å². The molecule has 154 valence electrons. The van der Waals surface area contributed by atoms with Gasteiger partial charge in [-0.1, -0.05) is 78.9 Å². The molecule has 5 aromatic carbocycles. The predicted molar refractivity (Wildman–Crippen MR) is 130 cm³/mol. The van der Waals surface area contributed by atoms with Crippen molar-refractivity contribution in [3.8, 4) is 0 Å². The first-order chi connectivity index (χ1) is 15.7. The van der Waals surface area contributed by atoms with Gasteiger partial charge >= 0.3 is 11.8 Å². The molecule has 0 saturated heterocycles. The summed E-state index contributed by atoms with van der Waals surface area (Å²) in [6.07, 6.45) is 1.59. The monoisotopic (exact) mass is 417 g/mol. The fraction of sp³-hybridized carbons (Fsp3) is 0. The molecule has 0 heterocycles. The van der Waals surface area contributed by atoms with E-state index in [2.05, 4.69) is 21.9 Å². The highest BCUT2D eigenvalue weighted by atomic mass is 16.2. The third kappa shape index (κ3) is 3.79. The summed E-state index contributed by atoms with van der Waals surface area (Å²) in [7, 11) is 0. The summed E-state index contributed by atoms with van der Waals surface area (Å²) < 4.78 is 0. The SMILES string of the molecule is O=C(N/N=C\c1c2ccccc2cc2ccccc12)C(=O)Nc1ccc2ccccc2c1. The molecular weight excluding hydrogens is 398 g/mol. The summed E-state index contributed by atoms with van der Waals surface area (Å²) in [5.74, 6) is -1.61. The first-order valence-electron chi connectivity index (χ1n) is 10.2. The number of nitrogens with one attached hydrogen (secondary N) is 2. The van der Waals surface area contributed by atoms with Crippen LogP contribution in [0.4, 0.5) is 5.69 Å². The lowest BCUT2D eigenvalue weighted by Crippen LogP contribution is -2.32. The molecule has 0 radical (unpaired) electrons. The second kappa shape index (κ2) is 8.32. The maximum atomic E-state index is 12.3. The Labute approximate surface area is 184 Å². The van der Waals surface area contributed by atoms with Gasteiger partial charge < -0.3 is 5.32 Å². The summed E-state index contributed by atoms with van der Waals surface area (Å²) in [5.41, 5.74) is 3.77. The van der Waals surface area contributed by atoms with Crippen molar-refractivity contribution in [3.05, 3.63) is 103 Å². The molecular formula is C27H19N3O2. The highest BCUT2D eigenvalue weighted by Gasteiger charge is 2.13. The van der Waals surface area contributed by atoms with Crippen LogP contribution in [0.3, 0.4) is 0 Å². The number of benzene rings is 5. The summed E-state index contributed by atoms with van der Waals surface area (Å²) in [6, 6.07) is 31.4. The summed E-state index contributed by atoms with van der Waals surface area (Å²) in [5, 5.41) is 12.9. The average molecular weight is 417 g/mol. The fourth-order valence-corrected chi connectivity index (χ4v) is 3.85. The highest BCUT2D eigenvalue weighted by Crippen LogP contribution is 2.27. The van der Waals surface area contributed by atoms with Crippen molar-refractivity contribution in [2.45, 2.75) is 0 Å². The fourth-order valence-electron chi connectivity index (χ4n) is 3.85. The molecule has 32 heavy (non-hydrogen) atoms. The Morgan fingerprint density at radius 1 is 0.625 bits per heavy atom. The molecule has 5 rings (SSSR count). The van der Waals surface area contributed by atoms with Gasteiger partial charge in [0.25, 0.3) is 0 Å². The van der Waals surface area contributed by atoms with Gasteiger partial charge in [0.2, 0.25) is 0 Å². The van der Waals surface area contributed by atoms with Crippen LogP contribution in [-0.4, -0.2) is 18.0 Å². The first kappa shape index (κ1) is 19.5. The predicted octanol–water partition coefficient (Wildman–Crippen LogP) is 5.24. The molecule has 0 aliphatic rings. The van der Waals surface area contributed by atoms with Crippen molar-refractivity contribution < 1.29 is 9.59 Å². The second-order valence-electron chi connectivity index (χ2n) is 7.45. The van der Waals surface area contributed by atoms with E-state index in [1.165, 1.54) is 0 Å². The zero-order valence-corrected chi connectivity index (χ0v) is 17.1. The Hall–Kier alpha value is -4.51. The quantitative estimate of drug-likeness (QED) is 0.183. The Bertz CT molecular complexity index is 1470. The number of hydrogen-bond acceptors (Lipinski definition) is 3. The van der Waals surface area contributed by atoms with Crippen LogP contribution in [0.5, 0.6) is 0 Å². The third-order valence-electron chi connectivity index (χ3n) is 5.39. The number of rotatable bonds is 3. The van der Waals surface area contributed by atoms with E-state index >= 15 is 0 Å². The Morgan fingerprint density at radius 2 is 1.22 bits per heavy atom. The molecule has 2 amide bonds. The number of carbonyl (C=O) groups excluding carboxylic acids is 2. The molecule has 5 heteroatoms. The van der Waals surface area contributed by atoms with Gasteiger partial charge in [0, 0.05) is 11.3 Å². The lowest BCUT2D eigenvalue weighted by Gasteiger charge is -2.08. The van der Waals surface area contributed by atoms with Crippen LogP contribution in [0.15, 0.2) is 102 Å². The number of hydrogen-bond donors (Lipinski definition) is 2. The molecule has 0 unspecified atom stereocenters. The molecule has 2 N–H and O–H groups in total. The smallest absolute Gasteiger partial charge is 0.318 e. The van der Waals surface area contributed by atoms with Gasteiger partial charge in [-0.25, -0.2) is 5.43 Å². The molecule has 5 aromatic rings. The minimum atomic E-state index is -0.834. The van der Waals surface area contributed by atoms with Crippen LogP contribution < -0.4 is 10.7 Å². The highest BCUT2D eigenvalue weighted by molar-refractivity contribution is 6.39. The Kier molecular flexibility index (Phi) is 5.06. The van der Waals surface area contributed by atoms with E-state index < -0.39 is 11.8 Å². The topological polar surface area (TPSA) is 70.6 Å². The van der Waals surface area contributed by atoms with Crippen LogP contribution in [0.25, 0.3) is 32.3 Å². The number of anilines is 1.